The summed E-state index contributed by atoms with van der Waals surface area (Å²) in [5, 5.41) is 6.69. The molecule has 1 atom stereocenters. The van der Waals surface area contributed by atoms with E-state index in [0.29, 0.717) is 12.0 Å². The summed E-state index contributed by atoms with van der Waals surface area (Å²) in [6.07, 6.45) is 8.10. The molecule has 1 saturated heterocycles. The van der Waals surface area contributed by atoms with Crippen LogP contribution in [0.5, 0.6) is 0 Å². The first-order chi connectivity index (χ1) is 10.1. The Morgan fingerprint density at radius 2 is 1.59 bits per heavy atom. The van der Waals surface area contributed by atoms with E-state index in [1.54, 1.807) is 0 Å². The van der Waals surface area contributed by atoms with E-state index in [-0.39, 0.29) is 18.3 Å². The summed E-state index contributed by atoms with van der Waals surface area (Å²) in [7, 11) is 0. The molecule has 1 saturated carbocycles. The molecular formula is C18H35ClN2O. The van der Waals surface area contributed by atoms with Crippen LogP contribution in [-0.4, -0.2) is 25.0 Å². The Kier molecular flexibility index (Phi) is 8.78. The van der Waals surface area contributed by atoms with E-state index in [1.165, 1.54) is 38.5 Å². The van der Waals surface area contributed by atoms with Crippen LogP contribution in [0.3, 0.4) is 0 Å². The lowest BCUT2D eigenvalue weighted by Crippen LogP contribution is -2.40. The first-order valence-electron chi connectivity index (χ1n) is 9.06. The molecule has 1 aliphatic heterocycles. The van der Waals surface area contributed by atoms with Gasteiger partial charge in [0.15, 0.2) is 0 Å². The molecule has 4 heteroatoms. The summed E-state index contributed by atoms with van der Waals surface area (Å²) in [5.41, 5.74) is 0. The van der Waals surface area contributed by atoms with Crippen LogP contribution < -0.4 is 10.6 Å². The van der Waals surface area contributed by atoms with Gasteiger partial charge in [0.1, 0.15) is 0 Å². The van der Waals surface area contributed by atoms with Gasteiger partial charge in [-0.3, -0.25) is 4.79 Å². The van der Waals surface area contributed by atoms with E-state index in [0.717, 1.165) is 37.3 Å². The second-order valence-electron chi connectivity index (χ2n) is 7.69. The van der Waals surface area contributed by atoms with Gasteiger partial charge in [-0.25, -0.2) is 0 Å². The number of carbonyl (C=O) groups is 1. The molecular weight excluding hydrogens is 296 g/mol. The van der Waals surface area contributed by atoms with E-state index in [9.17, 15) is 4.79 Å². The SMILES string of the molecule is CC(C)C1CCC(NC(=O)CC(C)C2CCNCC2)CC1.Cl. The van der Waals surface area contributed by atoms with Gasteiger partial charge >= 0.3 is 0 Å². The van der Waals surface area contributed by atoms with Crippen LogP contribution in [0.2, 0.25) is 0 Å². The maximum absolute atomic E-state index is 12.3. The van der Waals surface area contributed by atoms with Crippen LogP contribution in [-0.2, 0) is 4.79 Å². The molecule has 1 amide bonds. The minimum atomic E-state index is 0. The molecule has 1 aliphatic carbocycles. The van der Waals surface area contributed by atoms with Crippen LogP contribution in [0.4, 0.5) is 0 Å². The average Bonchev–Trinajstić information content (AvgIpc) is 2.48. The van der Waals surface area contributed by atoms with Gasteiger partial charge in [-0.2, -0.15) is 0 Å². The quantitative estimate of drug-likeness (QED) is 0.805. The standard InChI is InChI=1S/C18H34N2O.ClH/c1-13(2)15-4-6-17(7-5-15)20-18(21)12-14(3)16-8-10-19-11-9-16;/h13-17,19H,4-12H2,1-3H3,(H,20,21);1H. The van der Waals surface area contributed by atoms with Gasteiger partial charge in [-0.05, 0) is 75.3 Å². The van der Waals surface area contributed by atoms with Gasteiger partial charge < -0.3 is 10.6 Å². The Morgan fingerprint density at radius 1 is 1.00 bits per heavy atom. The van der Waals surface area contributed by atoms with Gasteiger partial charge in [0, 0.05) is 12.5 Å². The zero-order valence-corrected chi connectivity index (χ0v) is 15.4. The topological polar surface area (TPSA) is 41.1 Å². The fraction of sp³-hybridized carbons (Fsp3) is 0.944. The zero-order valence-electron chi connectivity index (χ0n) is 14.6. The number of halogens is 1. The molecule has 2 aliphatic rings. The van der Waals surface area contributed by atoms with Crippen molar-refractivity contribution in [1.82, 2.24) is 10.6 Å². The minimum Gasteiger partial charge on any atom is -0.353 e. The van der Waals surface area contributed by atoms with E-state index in [1.807, 2.05) is 0 Å². The van der Waals surface area contributed by atoms with E-state index in [2.05, 4.69) is 31.4 Å². The van der Waals surface area contributed by atoms with Gasteiger partial charge in [-0.15, -0.1) is 12.4 Å². The largest absolute Gasteiger partial charge is 0.353 e. The van der Waals surface area contributed by atoms with Crippen molar-refractivity contribution in [1.29, 1.82) is 0 Å². The molecule has 2 fully saturated rings. The lowest BCUT2D eigenvalue weighted by molar-refractivity contribution is -0.123. The Hall–Kier alpha value is -0.280. The number of hydrogen-bond donors (Lipinski definition) is 2. The molecule has 1 unspecified atom stereocenters. The normalized spacial score (nSPS) is 28.0. The Bertz CT molecular complexity index is 321. The molecule has 2 rings (SSSR count). The molecule has 22 heavy (non-hydrogen) atoms. The predicted molar refractivity (Wildman–Crippen MR) is 95.3 cm³/mol. The Morgan fingerprint density at radius 3 is 2.14 bits per heavy atom. The summed E-state index contributed by atoms with van der Waals surface area (Å²) in [6.45, 7) is 9.14. The second-order valence-corrected chi connectivity index (χ2v) is 7.69. The number of amides is 1. The van der Waals surface area contributed by atoms with Crippen molar-refractivity contribution >= 4 is 18.3 Å². The third-order valence-corrected chi connectivity index (χ3v) is 5.78. The van der Waals surface area contributed by atoms with Crippen molar-refractivity contribution in [3.63, 3.8) is 0 Å². The maximum atomic E-state index is 12.3. The minimum absolute atomic E-state index is 0. The van der Waals surface area contributed by atoms with Crippen molar-refractivity contribution < 1.29 is 4.79 Å². The molecule has 0 spiro atoms. The molecule has 0 bridgehead atoms. The molecule has 0 radical (unpaired) electrons. The highest BCUT2D eigenvalue weighted by Crippen LogP contribution is 2.30. The molecule has 1 heterocycles. The van der Waals surface area contributed by atoms with Gasteiger partial charge in [0.25, 0.3) is 0 Å². The third-order valence-electron chi connectivity index (χ3n) is 5.78. The van der Waals surface area contributed by atoms with Crippen LogP contribution in [0.25, 0.3) is 0 Å². The summed E-state index contributed by atoms with van der Waals surface area (Å²) in [4.78, 5) is 12.3. The van der Waals surface area contributed by atoms with Crippen LogP contribution >= 0.6 is 12.4 Å². The molecule has 2 N–H and O–H groups in total. The van der Waals surface area contributed by atoms with Crippen LogP contribution in [0.15, 0.2) is 0 Å². The molecule has 0 aromatic rings. The fourth-order valence-corrected chi connectivity index (χ4v) is 4.09. The fourth-order valence-electron chi connectivity index (χ4n) is 4.09. The zero-order chi connectivity index (χ0) is 15.2. The smallest absolute Gasteiger partial charge is 0.220 e. The molecule has 3 nitrogen and oxygen atoms in total. The molecule has 130 valence electrons. The summed E-state index contributed by atoms with van der Waals surface area (Å²) in [6, 6.07) is 0.438. The highest BCUT2D eigenvalue weighted by Gasteiger charge is 2.26. The lowest BCUT2D eigenvalue weighted by atomic mass is 9.79. The first kappa shape index (κ1) is 19.8. The van der Waals surface area contributed by atoms with Crippen molar-refractivity contribution in [2.45, 2.75) is 71.8 Å². The highest BCUT2D eigenvalue weighted by molar-refractivity contribution is 5.85. The number of nitrogens with one attached hydrogen (secondary N) is 2. The van der Waals surface area contributed by atoms with E-state index < -0.39 is 0 Å². The van der Waals surface area contributed by atoms with Crippen LogP contribution in [0.1, 0.15) is 65.7 Å². The van der Waals surface area contributed by atoms with Crippen molar-refractivity contribution in [2.24, 2.45) is 23.7 Å². The van der Waals surface area contributed by atoms with Gasteiger partial charge in [-0.1, -0.05) is 20.8 Å². The van der Waals surface area contributed by atoms with Gasteiger partial charge in [0.05, 0.1) is 0 Å². The number of piperidine rings is 1. The highest BCUT2D eigenvalue weighted by atomic mass is 35.5. The lowest BCUT2D eigenvalue weighted by Gasteiger charge is -2.32. The Labute approximate surface area is 142 Å². The second kappa shape index (κ2) is 9.77. The van der Waals surface area contributed by atoms with Crippen molar-refractivity contribution in [3.8, 4) is 0 Å². The number of rotatable bonds is 5. The average molecular weight is 331 g/mol. The summed E-state index contributed by atoms with van der Waals surface area (Å²) < 4.78 is 0. The maximum Gasteiger partial charge on any atom is 0.220 e. The molecule has 0 aromatic carbocycles. The van der Waals surface area contributed by atoms with Gasteiger partial charge in [0.2, 0.25) is 5.91 Å². The Balaban J connectivity index is 0.00000242. The number of hydrogen-bond acceptors (Lipinski definition) is 2. The van der Waals surface area contributed by atoms with E-state index >= 15 is 0 Å². The van der Waals surface area contributed by atoms with Crippen LogP contribution in [0, 0.1) is 23.7 Å². The van der Waals surface area contributed by atoms with E-state index in [4.69, 9.17) is 0 Å². The first-order valence-corrected chi connectivity index (χ1v) is 9.06. The summed E-state index contributed by atoms with van der Waals surface area (Å²) in [5.74, 6) is 3.20. The monoisotopic (exact) mass is 330 g/mol. The molecule has 0 aromatic heterocycles. The summed E-state index contributed by atoms with van der Waals surface area (Å²) >= 11 is 0. The number of carbonyl (C=O) groups excluding carboxylic acids is 1. The predicted octanol–water partition coefficient (Wildman–Crippen LogP) is 3.77. The van der Waals surface area contributed by atoms with Crippen molar-refractivity contribution in [2.75, 3.05) is 13.1 Å². The van der Waals surface area contributed by atoms with Crippen molar-refractivity contribution in [3.05, 3.63) is 0 Å². The third kappa shape index (κ3) is 6.08.